The van der Waals surface area contributed by atoms with Crippen LogP contribution in [0.1, 0.15) is 30.9 Å². The van der Waals surface area contributed by atoms with Crippen LogP contribution in [-0.2, 0) is 22.4 Å². The Kier molecular flexibility index (Phi) is 4.92. The average molecular weight is 383 g/mol. The molecule has 27 heavy (non-hydrogen) atoms. The second kappa shape index (κ2) is 7.35. The number of fused-ring (bicyclic) bond motifs is 1. The zero-order valence-electron chi connectivity index (χ0n) is 15.4. The Hall–Kier alpha value is -2.33. The highest BCUT2D eigenvalue weighted by Crippen LogP contribution is 2.37. The van der Waals surface area contributed by atoms with Gasteiger partial charge < -0.3 is 10.2 Å². The summed E-state index contributed by atoms with van der Waals surface area (Å²) in [6.07, 6.45) is 3.55. The minimum Gasteiger partial charge on any atom is -0.326 e. The summed E-state index contributed by atoms with van der Waals surface area (Å²) in [5.74, 6) is 0.326. The van der Waals surface area contributed by atoms with E-state index in [0.29, 0.717) is 11.4 Å². The van der Waals surface area contributed by atoms with E-state index in [1.165, 1.54) is 0 Å². The molecule has 4 rings (SSSR count). The summed E-state index contributed by atoms with van der Waals surface area (Å²) in [5.41, 5.74) is 4.01. The van der Waals surface area contributed by atoms with Crippen LogP contribution in [0.5, 0.6) is 0 Å². The number of amides is 2. The van der Waals surface area contributed by atoms with Crippen LogP contribution in [0, 0.1) is 11.8 Å². The highest BCUT2D eigenvalue weighted by Gasteiger charge is 2.36. The summed E-state index contributed by atoms with van der Waals surface area (Å²) in [7, 11) is 0. The molecule has 1 saturated carbocycles. The Bertz CT molecular complexity index is 874. The second-order valence-corrected chi connectivity index (χ2v) is 8.01. The first kappa shape index (κ1) is 18.1. The van der Waals surface area contributed by atoms with Crippen LogP contribution >= 0.6 is 11.6 Å². The van der Waals surface area contributed by atoms with Crippen molar-refractivity contribution in [2.75, 3.05) is 16.8 Å². The van der Waals surface area contributed by atoms with Gasteiger partial charge in [-0.3, -0.25) is 9.59 Å². The van der Waals surface area contributed by atoms with Crippen LogP contribution in [0.3, 0.4) is 0 Å². The van der Waals surface area contributed by atoms with Gasteiger partial charge in [-0.15, -0.1) is 0 Å². The summed E-state index contributed by atoms with van der Waals surface area (Å²) >= 11 is 5.91. The van der Waals surface area contributed by atoms with Gasteiger partial charge in [0.05, 0.1) is 0 Å². The van der Waals surface area contributed by atoms with Crippen molar-refractivity contribution >= 4 is 34.8 Å². The number of halogens is 1. The smallest absolute Gasteiger partial charge is 0.230 e. The van der Waals surface area contributed by atoms with Crippen molar-refractivity contribution in [2.24, 2.45) is 11.8 Å². The number of rotatable bonds is 5. The number of nitrogens with zero attached hydrogens (tertiary/aromatic N) is 1. The van der Waals surface area contributed by atoms with Crippen molar-refractivity contribution in [1.82, 2.24) is 0 Å². The molecule has 4 nitrogen and oxygen atoms in total. The van der Waals surface area contributed by atoms with Gasteiger partial charge in [0.1, 0.15) is 0 Å². The molecule has 2 aromatic rings. The first-order valence-electron chi connectivity index (χ1n) is 9.51. The minimum absolute atomic E-state index is 0.00573. The fourth-order valence-electron chi connectivity index (χ4n) is 3.59. The van der Waals surface area contributed by atoms with E-state index in [0.717, 1.165) is 48.3 Å². The van der Waals surface area contributed by atoms with E-state index in [-0.39, 0.29) is 23.7 Å². The third-order valence-corrected chi connectivity index (χ3v) is 5.59. The third-order valence-electron chi connectivity index (χ3n) is 5.34. The van der Waals surface area contributed by atoms with Gasteiger partial charge in [-0.1, -0.05) is 30.7 Å². The van der Waals surface area contributed by atoms with Gasteiger partial charge in [-0.05, 0) is 67.1 Å². The van der Waals surface area contributed by atoms with Crippen LogP contribution in [0.2, 0.25) is 5.02 Å². The average Bonchev–Trinajstić information content (AvgIpc) is 3.42. The summed E-state index contributed by atoms with van der Waals surface area (Å²) in [4.78, 5) is 26.8. The monoisotopic (exact) mass is 382 g/mol. The SMILES string of the molecule is CC(Cc1ccc(Cl)cc1)C(=O)Nc1ccc2c(c1)CCN2C(=O)C1CC1. The van der Waals surface area contributed by atoms with E-state index < -0.39 is 0 Å². The summed E-state index contributed by atoms with van der Waals surface area (Å²) < 4.78 is 0. The van der Waals surface area contributed by atoms with Gasteiger partial charge in [-0.25, -0.2) is 0 Å². The Balaban J connectivity index is 1.40. The fourth-order valence-corrected chi connectivity index (χ4v) is 3.72. The lowest BCUT2D eigenvalue weighted by atomic mass is 10.0. The predicted octanol–water partition coefficient (Wildman–Crippen LogP) is 4.46. The molecule has 1 aliphatic heterocycles. The van der Waals surface area contributed by atoms with Crippen LogP contribution in [-0.4, -0.2) is 18.4 Å². The highest BCUT2D eigenvalue weighted by atomic mass is 35.5. The molecule has 0 aromatic heterocycles. The zero-order chi connectivity index (χ0) is 19.0. The Labute approximate surface area is 164 Å². The first-order chi connectivity index (χ1) is 13.0. The largest absolute Gasteiger partial charge is 0.326 e. The number of hydrogen-bond acceptors (Lipinski definition) is 2. The maximum absolute atomic E-state index is 12.6. The maximum Gasteiger partial charge on any atom is 0.230 e. The van der Waals surface area contributed by atoms with Gasteiger partial charge in [0.15, 0.2) is 0 Å². The number of nitrogens with one attached hydrogen (secondary N) is 1. The summed E-state index contributed by atoms with van der Waals surface area (Å²) in [6, 6.07) is 13.4. The van der Waals surface area contributed by atoms with E-state index in [4.69, 9.17) is 11.6 Å². The van der Waals surface area contributed by atoms with E-state index >= 15 is 0 Å². The molecule has 1 N–H and O–H groups in total. The molecule has 5 heteroatoms. The topological polar surface area (TPSA) is 49.4 Å². The van der Waals surface area contributed by atoms with Gasteiger partial charge in [0.2, 0.25) is 11.8 Å². The van der Waals surface area contributed by atoms with E-state index in [9.17, 15) is 9.59 Å². The number of hydrogen-bond donors (Lipinski definition) is 1. The van der Waals surface area contributed by atoms with Gasteiger partial charge >= 0.3 is 0 Å². The first-order valence-corrected chi connectivity index (χ1v) is 9.88. The van der Waals surface area contributed by atoms with Crippen molar-refractivity contribution in [3.63, 3.8) is 0 Å². The van der Waals surface area contributed by atoms with Gasteiger partial charge in [-0.2, -0.15) is 0 Å². The highest BCUT2D eigenvalue weighted by molar-refractivity contribution is 6.30. The molecule has 1 aliphatic carbocycles. The number of carbonyl (C=O) groups is 2. The standard InChI is InChI=1S/C22H23ClN2O2/c1-14(12-15-2-6-18(23)7-3-15)21(26)24-19-8-9-20-17(13-19)10-11-25(20)22(27)16-4-5-16/h2-3,6-9,13-14,16H,4-5,10-12H2,1H3,(H,24,26). The Morgan fingerprint density at radius 2 is 1.93 bits per heavy atom. The van der Waals surface area contributed by atoms with Crippen LogP contribution in [0.4, 0.5) is 11.4 Å². The Morgan fingerprint density at radius 3 is 2.63 bits per heavy atom. The molecule has 2 aromatic carbocycles. The predicted molar refractivity (Wildman–Crippen MR) is 108 cm³/mol. The van der Waals surface area contributed by atoms with Crippen molar-refractivity contribution in [3.8, 4) is 0 Å². The van der Waals surface area contributed by atoms with Crippen LogP contribution in [0.15, 0.2) is 42.5 Å². The molecule has 0 bridgehead atoms. The van der Waals surface area contributed by atoms with Crippen molar-refractivity contribution in [1.29, 1.82) is 0 Å². The number of benzene rings is 2. The Morgan fingerprint density at radius 1 is 1.19 bits per heavy atom. The zero-order valence-corrected chi connectivity index (χ0v) is 16.1. The lowest BCUT2D eigenvalue weighted by molar-refractivity contribution is -0.120. The normalized spacial score (nSPS) is 16.7. The molecule has 1 unspecified atom stereocenters. The van der Waals surface area contributed by atoms with Gasteiger partial charge in [0.25, 0.3) is 0 Å². The minimum atomic E-state index is -0.146. The quantitative estimate of drug-likeness (QED) is 0.830. The molecule has 2 amide bonds. The molecular weight excluding hydrogens is 360 g/mol. The summed E-state index contributed by atoms with van der Waals surface area (Å²) in [6.45, 7) is 2.67. The molecule has 1 atom stereocenters. The van der Waals surface area contributed by atoms with Crippen molar-refractivity contribution in [3.05, 3.63) is 58.6 Å². The molecule has 0 radical (unpaired) electrons. The molecule has 0 saturated heterocycles. The number of anilines is 2. The number of carbonyl (C=O) groups excluding carboxylic acids is 2. The molecular formula is C22H23ClN2O2. The molecule has 1 fully saturated rings. The van der Waals surface area contributed by atoms with Crippen molar-refractivity contribution < 1.29 is 9.59 Å². The van der Waals surface area contributed by atoms with E-state index in [1.54, 1.807) is 0 Å². The van der Waals surface area contributed by atoms with E-state index in [2.05, 4.69) is 5.32 Å². The lowest BCUT2D eigenvalue weighted by Gasteiger charge is -2.18. The van der Waals surface area contributed by atoms with Crippen LogP contribution in [0.25, 0.3) is 0 Å². The summed E-state index contributed by atoms with van der Waals surface area (Å²) in [5, 5.41) is 3.71. The second-order valence-electron chi connectivity index (χ2n) is 7.58. The molecule has 140 valence electrons. The molecule has 0 spiro atoms. The molecule has 1 heterocycles. The van der Waals surface area contributed by atoms with Crippen LogP contribution < -0.4 is 10.2 Å². The lowest BCUT2D eigenvalue weighted by Crippen LogP contribution is -2.30. The van der Waals surface area contributed by atoms with Gasteiger partial charge in [0, 0.05) is 34.8 Å². The molecule has 2 aliphatic rings. The van der Waals surface area contributed by atoms with E-state index in [1.807, 2.05) is 54.3 Å². The fraction of sp³-hybridized carbons (Fsp3) is 0.364. The maximum atomic E-state index is 12.6. The van der Waals surface area contributed by atoms with Crippen molar-refractivity contribution in [2.45, 2.75) is 32.6 Å². The third kappa shape index (κ3) is 4.01.